The Hall–Kier alpha value is -1.41. The second-order valence-electron chi connectivity index (χ2n) is 6.24. The first-order chi connectivity index (χ1) is 11.1. The summed E-state index contributed by atoms with van der Waals surface area (Å²) in [5, 5.41) is 0. The quantitative estimate of drug-likeness (QED) is 0.862. The zero-order valence-corrected chi connectivity index (χ0v) is 14.4. The first-order valence-electron chi connectivity index (χ1n) is 8.39. The highest BCUT2D eigenvalue weighted by Crippen LogP contribution is 2.23. The van der Waals surface area contributed by atoms with Crippen molar-refractivity contribution in [2.24, 2.45) is 0 Å². The van der Waals surface area contributed by atoms with Gasteiger partial charge in [-0.1, -0.05) is 0 Å². The molecule has 128 valence electrons. The molecule has 0 radical (unpaired) electrons. The fraction of sp³-hybridized carbons (Fsp3) is 0.733. The molecular weight excluding hydrogens is 314 g/mol. The van der Waals surface area contributed by atoms with Gasteiger partial charge in [-0.15, -0.1) is 0 Å². The summed E-state index contributed by atoms with van der Waals surface area (Å²) in [6.07, 6.45) is 5.87. The van der Waals surface area contributed by atoms with E-state index in [9.17, 15) is 8.42 Å². The van der Waals surface area contributed by atoms with Crippen molar-refractivity contribution in [1.29, 1.82) is 0 Å². The van der Waals surface area contributed by atoms with Crippen LogP contribution in [0.2, 0.25) is 0 Å². The van der Waals surface area contributed by atoms with Gasteiger partial charge in [-0.3, -0.25) is 0 Å². The summed E-state index contributed by atoms with van der Waals surface area (Å²) in [6, 6.07) is 1.99. The van der Waals surface area contributed by atoms with Crippen molar-refractivity contribution in [3.63, 3.8) is 0 Å². The highest BCUT2D eigenvalue weighted by molar-refractivity contribution is 7.89. The highest BCUT2D eigenvalue weighted by atomic mass is 32.2. The Labute approximate surface area is 138 Å². The molecule has 1 unspecified atom stereocenters. The number of sulfonamides is 1. The Bertz CT molecular complexity index is 631. The van der Waals surface area contributed by atoms with E-state index in [1.807, 2.05) is 6.07 Å². The van der Waals surface area contributed by atoms with Crippen LogP contribution in [0.15, 0.2) is 12.4 Å². The number of hydrogen-bond donors (Lipinski definition) is 1. The third kappa shape index (κ3) is 4.11. The molecule has 2 aliphatic rings. The predicted molar refractivity (Wildman–Crippen MR) is 91.3 cm³/mol. The number of aromatic nitrogens is 2. The average molecular weight is 339 g/mol. The smallest absolute Gasteiger partial charge is 0.211 e. The lowest BCUT2D eigenvalue weighted by Crippen LogP contribution is -2.48. The van der Waals surface area contributed by atoms with Crippen LogP contribution in [0.4, 0.5) is 11.6 Å². The number of nitrogens with zero attached hydrogens (tertiary/aromatic N) is 4. The maximum absolute atomic E-state index is 11.8. The Morgan fingerprint density at radius 2 is 1.78 bits per heavy atom. The number of rotatable bonds is 5. The molecule has 1 N–H and O–H groups in total. The van der Waals surface area contributed by atoms with Crippen molar-refractivity contribution in [1.82, 2.24) is 14.7 Å². The van der Waals surface area contributed by atoms with E-state index in [1.54, 1.807) is 13.3 Å². The Morgan fingerprint density at radius 1 is 1.13 bits per heavy atom. The fourth-order valence-electron chi connectivity index (χ4n) is 3.25. The molecule has 7 nitrogen and oxygen atoms in total. The van der Waals surface area contributed by atoms with Crippen LogP contribution < -0.4 is 14.5 Å². The van der Waals surface area contributed by atoms with Crippen LogP contribution in [-0.4, -0.2) is 56.4 Å². The van der Waals surface area contributed by atoms with Crippen molar-refractivity contribution < 1.29 is 8.42 Å². The van der Waals surface area contributed by atoms with Gasteiger partial charge in [0.05, 0.1) is 5.75 Å². The van der Waals surface area contributed by atoms with E-state index in [-0.39, 0.29) is 11.8 Å². The summed E-state index contributed by atoms with van der Waals surface area (Å²) in [5.41, 5.74) is 0. The standard InChI is InChI=1S/C15H25N5O2S/c1-2-23(21,22)18-13-6-5-9-20(11-13)15-10-14(16-12-17-15)19-7-3-4-8-19/h10,12-13,18H,2-9,11H2,1H3. The zero-order chi connectivity index (χ0) is 16.3. The van der Waals surface area contributed by atoms with Crippen LogP contribution in [-0.2, 0) is 10.0 Å². The van der Waals surface area contributed by atoms with Gasteiger partial charge >= 0.3 is 0 Å². The minimum Gasteiger partial charge on any atom is -0.356 e. The van der Waals surface area contributed by atoms with Gasteiger partial charge in [0.1, 0.15) is 18.0 Å². The molecule has 0 amide bonds. The Balaban J connectivity index is 1.70. The topological polar surface area (TPSA) is 78.4 Å². The first-order valence-corrected chi connectivity index (χ1v) is 10.0. The summed E-state index contributed by atoms with van der Waals surface area (Å²) in [4.78, 5) is 13.2. The number of piperidine rings is 1. The Morgan fingerprint density at radius 3 is 2.48 bits per heavy atom. The van der Waals surface area contributed by atoms with Crippen molar-refractivity contribution in [2.75, 3.05) is 41.7 Å². The highest BCUT2D eigenvalue weighted by Gasteiger charge is 2.25. The summed E-state index contributed by atoms with van der Waals surface area (Å²) >= 11 is 0. The van der Waals surface area contributed by atoms with Gasteiger partial charge in [-0.05, 0) is 32.6 Å². The molecule has 1 atom stereocenters. The summed E-state index contributed by atoms with van der Waals surface area (Å²) in [5.74, 6) is 1.99. The van der Waals surface area contributed by atoms with Gasteiger partial charge < -0.3 is 9.80 Å². The van der Waals surface area contributed by atoms with Gasteiger partial charge in [-0.2, -0.15) is 0 Å². The monoisotopic (exact) mass is 339 g/mol. The molecule has 8 heteroatoms. The van der Waals surface area contributed by atoms with E-state index >= 15 is 0 Å². The second-order valence-corrected chi connectivity index (χ2v) is 8.28. The van der Waals surface area contributed by atoms with E-state index in [0.29, 0.717) is 6.54 Å². The van der Waals surface area contributed by atoms with Crippen LogP contribution in [0.1, 0.15) is 32.6 Å². The largest absolute Gasteiger partial charge is 0.356 e. The molecule has 0 bridgehead atoms. The molecule has 3 heterocycles. The second kappa shape index (κ2) is 7.00. The predicted octanol–water partition coefficient (Wildman–Crippen LogP) is 0.985. The number of hydrogen-bond acceptors (Lipinski definition) is 6. The summed E-state index contributed by atoms with van der Waals surface area (Å²) in [7, 11) is -3.16. The molecule has 23 heavy (non-hydrogen) atoms. The van der Waals surface area contributed by atoms with E-state index in [1.165, 1.54) is 12.8 Å². The molecule has 0 saturated carbocycles. The van der Waals surface area contributed by atoms with Crippen molar-refractivity contribution in [2.45, 2.75) is 38.6 Å². The summed E-state index contributed by atoms with van der Waals surface area (Å²) < 4.78 is 26.3. The van der Waals surface area contributed by atoms with E-state index in [2.05, 4.69) is 24.5 Å². The van der Waals surface area contributed by atoms with Crippen LogP contribution in [0, 0.1) is 0 Å². The van der Waals surface area contributed by atoms with Gasteiger partial charge in [0.25, 0.3) is 0 Å². The van der Waals surface area contributed by atoms with Crippen molar-refractivity contribution >= 4 is 21.7 Å². The molecule has 0 aromatic carbocycles. The third-order valence-corrected chi connectivity index (χ3v) is 5.99. The lowest BCUT2D eigenvalue weighted by molar-refractivity contribution is 0.464. The van der Waals surface area contributed by atoms with Crippen LogP contribution >= 0.6 is 0 Å². The molecule has 2 saturated heterocycles. The molecule has 2 aliphatic heterocycles. The zero-order valence-electron chi connectivity index (χ0n) is 13.6. The average Bonchev–Trinajstić information content (AvgIpc) is 3.09. The third-order valence-electron chi connectivity index (χ3n) is 4.54. The fourth-order valence-corrected chi connectivity index (χ4v) is 4.11. The van der Waals surface area contributed by atoms with E-state index < -0.39 is 10.0 Å². The van der Waals surface area contributed by atoms with Crippen LogP contribution in [0.3, 0.4) is 0 Å². The first kappa shape index (κ1) is 16.4. The summed E-state index contributed by atoms with van der Waals surface area (Å²) in [6.45, 7) is 5.33. The maximum atomic E-state index is 11.8. The molecule has 2 fully saturated rings. The van der Waals surface area contributed by atoms with Gasteiger partial charge in [0.2, 0.25) is 10.0 Å². The molecular formula is C15H25N5O2S. The molecule has 1 aromatic rings. The van der Waals surface area contributed by atoms with Crippen LogP contribution in [0.25, 0.3) is 0 Å². The SMILES string of the molecule is CCS(=O)(=O)NC1CCCN(c2cc(N3CCCC3)ncn2)C1. The molecule has 1 aromatic heterocycles. The van der Waals surface area contributed by atoms with Crippen molar-refractivity contribution in [3.05, 3.63) is 12.4 Å². The van der Waals surface area contributed by atoms with Gasteiger partial charge in [-0.25, -0.2) is 23.1 Å². The van der Waals surface area contributed by atoms with Gasteiger partial charge in [0, 0.05) is 38.3 Å². The minimum absolute atomic E-state index is 0.0427. The molecule has 0 aliphatic carbocycles. The lowest BCUT2D eigenvalue weighted by Gasteiger charge is -2.34. The number of anilines is 2. The maximum Gasteiger partial charge on any atom is 0.211 e. The van der Waals surface area contributed by atoms with Crippen molar-refractivity contribution in [3.8, 4) is 0 Å². The lowest BCUT2D eigenvalue weighted by atomic mass is 10.1. The van der Waals surface area contributed by atoms with E-state index in [4.69, 9.17) is 0 Å². The molecule has 0 spiro atoms. The number of nitrogens with one attached hydrogen (secondary N) is 1. The van der Waals surface area contributed by atoms with Crippen LogP contribution in [0.5, 0.6) is 0 Å². The minimum atomic E-state index is -3.16. The normalized spacial score (nSPS) is 22.6. The van der Waals surface area contributed by atoms with E-state index in [0.717, 1.165) is 44.1 Å². The Kier molecular flexibility index (Phi) is 5.01. The van der Waals surface area contributed by atoms with Gasteiger partial charge in [0.15, 0.2) is 0 Å². The molecule has 3 rings (SSSR count).